The quantitative estimate of drug-likeness (QED) is 0.629. The molecule has 2 nitrogen and oxygen atoms in total. The summed E-state index contributed by atoms with van der Waals surface area (Å²) < 4.78 is 5.44. The summed E-state index contributed by atoms with van der Waals surface area (Å²) in [6, 6.07) is 0. The van der Waals surface area contributed by atoms with Crippen molar-refractivity contribution in [2.75, 3.05) is 7.11 Å². The second-order valence-corrected chi connectivity index (χ2v) is 3.11. The number of allylic oxidation sites excluding steroid dienone is 3. The van der Waals surface area contributed by atoms with Crippen LogP contribution in [0, 0.1) is 0 Å². The number of esters is 1. The van der Waals surface area contributed by atoms with Crippen molar-refractivity contribution in [3.05, 3.63) is 22.2 Å². The number of halogens is 1. The number of hydrogen-bond acceptors (Lipinski definition) is 2. The van der Waals surface area contributed by atoms with Gasteiger partial charge in [0, 0.05) is 4.48 Å². The van der Waals surface area contributed by atoms with E-state index in [1.165, 1.54) is 7.11 Å². The van der Waals surface area contributed by atoms with Crippen LogP contribution in [-0.2, 0) is 9.53 Å². The molecule has 1 aliphatic rings. The summed E-state index contributed by atoms with van der Waals surface area (Å²) in [6.45, 7) is 0. The fraction of sp³-hybridized carbons (Fsp3) is 0.375. The molecular formula is C8H9BrO2. The van der Waals surface area contributed by atoms with Crippen LogP contribution in [0.1, 0.15) is 12.8 Å². The van der Waals surface area contributed by atoms with E-state index in [4.69, 9.17) is 0 Å². The molecule has 0 aromatic heterocycles. The minimum atomic E-state index is -0.235. The third-order valence-corrected chi connectivity index (χ3v) is 2.29. The first kappa shape index (κ1) is 8.53. The Morgan fingerprint density at radius 3 is 3.00 bits per heavy atom. The van der Waals surface area contributed by atoms with Crippen LogP contribution in [0.4, 0.5) is 0 Å². The molecule has 60 valence electrons. The number of methoxy groups -OCH3 is 1. The maximum absolute atomic E-state index is 11.0. The van der Waals surface area contributed by atoms with E-state index in [1.807, 2.05) is 12.2 Å². The molecule has 0 unspecified atom stereocenters. The Balaban J connectivity index is 2.83. The van der Waals surface area contributed by atoms with Crippen LogP contribution in [0.3, 0.4) is 0 Å². The second-order valence-electron chi connectivity index (χ2n) is 2.26. The maximum atomic E-state index is 11.0. The molecule has 0 aromatic rings. The Kier molecular flexibility index (Phi) is 2.88. The van der Waals surface area contributed by atoms with Crippen LogP contribution in [0.5, 0.6) is 0 Å². The SMILES string of the molecule is COC(=O)C1=C(Br)C=CCC1. The number of carbonyl (C=O) groups is 1. The van der Waals surface area contributed by atoms with E-state index in [9.17, 15) is 4.79 Å². The molecule has 0 saturated heterocycles. The first-order chi connectivity index (χ1) is 5.25. The summed E-state index contributed by atoms with van der Waals surface area (Å²) in [6.07, 6.45) is 5.59. The van der Waals surface area contributed by atoms with Gasteiger partial charge in [0.05, 0.1) is 12.7 Å². The Hall–Kier alpha value is -0.570. The summed E-state index contributed by atoms with van der Waals surface area (Å²) in [5.74, 6) is -0.235. The third kappa shape index (κ3) is 1.93. The van der Waals surface area contributed by atoms with Crippen LogP contribution in [0.2, 0.25) is 0 Å². The van der Waals surface area contributed by atoms with E-state index in [2.05, 4.69) is 20.7 Å². The molecule has 0 spiro atoms. The number of carbonyl (C=O) groups excluding carboxylic acids is 1. The average molecular weight is 217 g/mol. The second kappa shape index (κ2) is 3.72. The van der Waals surface area contributed by atoms with Gasteiger partial charge in [-0.15, -0.1) is 0 Å². The first-order valence-corrected chi connectivity index (χ1v) is 4.18. The molecule has 0 bridgehead atoms. The number of hydrogen-bond donors (Lipinski definition) is 0. The molecule has 0 fully saturated rings. The molecule has 0 saturated carbocycles. The van der Waals surface area contributed by atoms with Crippen molar-refractivity contribution in [3.8, 4) is 0 Å². The van der Waals surface area contributed by atoms with Crippen molar-refractivity contribution >= 4 is 21.9 Å². The molecule has 1 rings (SSSR count). The molecule has 0 atom stereocenters. The monoisotopic (exact) mass is 216 g/mol. The predicted octanol–water partition coefficient (Wildman–Crippen LogP) is 2.16. The van der Waals surface area contributed by atoms with E-state index in [0.29, 0.717) is 0 Å². The van der Waals surface area contributed by atoms with Crippen LogP contribution < -0.4 is 0 Å². The highest BCUT2D eigenvalue weighted by Crippen LogP contribution is 2.23. The lowest BCUT2D eigenvalue weighted by molar-refractivity contribution is -0.136. The van der Waals surface area contributed by atoms with Gasteiger partial charge in [0.1, 0.15) is 0 Å². The number of ether oxygens (including phenoxy) is 1. The van der Waals surface area contributed by atoms with Gasteiger partial charge in [-0.2, -0.15) is 0 Å². The summed E-state index contributed by atoms with van der Waals surface area (Å²) in [4.78, 5) is 11.0. The molecule has 0 radical (unpaired) electrons. The standard InChI is InChI=1S/C8H9BrO2/c1-11-8(10)6-4-2-3-5-7(6)9/h3,5H,2,4H2,1H3. The molecular weight excluding hydrogens is 208 g/mol. The van der Waals surface area contributed by atoms with Gasteiger partial charge in [-0.25, -0.2) is 4.79 Å². The van der Waals surface area contributed by atoms with Crippen molar-refractivity contribution in [1.29, 1.82) is 0 Å². The minimum absolute atomic E-state index is 0.235. The predicted molar refractivity (Wildman–Crippen MR) is 46.3 cm³/mol. The average Bonchev–Trinajstić information content (AvgIpc) is 2.04. The summed E-state index contributed by atoms with van der Waals surface area (Å²) in [5.41, 5.74) is 0.731. The summed E-state index contributed by atoms with van der Waals surface area (Å²) in [5, 5.41) is 0. The topological polar surface area (TPSA) is 26.3 Å². The molecule has 0 amide bonds. The summed E-state index contributed by atoms with van der Waals surface area (Å²) in [7, 11) is 1.40. The zero-order chi connectivity index (χ0) is 8.27. The molecule has 3 heteroatoms. The lowest BCUT2D eigenvalue weighted by atomic mass is 10.1. The fourth-order valence-corrected chi connectivity index (χ4v) is 1.50. The lowest BCUT2D eigenvalue weighted by Crippen LogP contribution is -2.07. The Morgan fingerprint density at radius 2 is 2.45 bits per heavy atom. The lowest BCUT2D eigenvalue weighted by Gasteiger charge is -2.08. The Labute approximate surface area is 74.1 Å². The normalized spacial score (nSPS) is 16.9. The van der Waals surface area contributed by atoms with Crippen molar-refractivity contribution in [2.24, 2.45) is 0 Å². The van der Waals surface area contributed by atoms with E-state index in [1.54, 1.807) is 0 Å². The highest BCUT2D eigenvalue weighted by Gasteiger charge is 2.14. The van der Waals surface area contributed by atoms with Gasteiger partial charge in [0.15, 0.2) is 0 Å². The van der Waals surface area contributed by atoms with Crippen molar-refractivity contribution < 1.29 is 9.53 Å². The molecule has 0 heterocycles. The van der Waals surface area contributed by atoms with Gasteiger partial charge in [0.25, 0.3) is 0 Å². The van der Waals surface area contributed by atoms with Gasteiger partial charge in [-0.3, -0.25) is 0 Å². The molecule has 0 aromatic carbocycles. The zero-order valence-electron chi connectivity index (χ0n) is 6.26. The van der Waals surface area contributed by atoms with E-state index >= 15 is 0 Å². The van der Waals surface area contributed by atoms with Crippen LogP contribution in [0.15, 0.2) is 22.2 Å². The smallest absolute Gasteiger partial charge is 0.334 e. The van der Waals surface area contributed by atoms with Crippen LogP contribution >= 0.6 is 15.9 Å². The van der Waals surface area contributed by atoms with Gasteiger partial charge in [0.2, 0.25) is 0 Å². The maximum Gasteiger partial charge on any atom is 0.334 e. The van der Waals surface area contributed by atoms with E-state index < -0.39 is 0 Å². The Bertz CT molecular complexity index is 228. The van der Waals surface area contributed by atoms with Gasteiger partial charge in [-0.1, -0.05) is 28.1 Å². The van der Waals surface area contributed by atoms with Crippen molar-refractivity contribution in [1.82, 2.24) is 0 Å². The fourth-order valence-electron chi connectivity index (χ4n) is 0.957. The van der Waals surface area contributed by atoms with Gasteiger partial charge < -0.3 is 4.74 Å². The zero-order valence-corrected chi connectivity index (χ0v) is 7.85. The van der Waals surface area contributed by atoms with E-state index in [-0.39, 0.29) is 5.97 Å². The molecule has 11 heavy (non-hydrogen) atoms. The summed E-state index contributed by atoms with van der Waals surface area (Å²) >= 11 is 3.29. The largest absolute Gasteiger partial charge is 0.466 e. The van der Waals surface area contributed by atoms with Gasteiger partial charge in [-0.05, 0) is 12.8 Å². The third-order valence-electron chi connectivity index (χ3n) is 1.55. The molecule has 0 N–H and O–H groups in total. The molecule has 1 aliphatic carbocycles. The van der Waals surface area contributed by atoms with E-state index in [0.717, 1.165) is 22.9 Å². The highest BCUT2D eigenvalue weighted by molar-refractivity contribution is 9.11. The first-order valence-electron chi connectivity index (χ1n) is 3.39. The minimum Gasteiger partial charge on any atom is -0.466 e. The van der Waals surface area contributed by atoms with Crippen LogP contribution in [0.25, 0.3) is 0 Å². The number of rotatable bonds is 1. The molecule has 0 aliphatic heterocycles. The van der Waals surface area contributed by atoms with Crippen molar-refractivity contribution in [3.63, 3.8) is 0 Å². The highest BCUT2D eigenvalue weighted by atomic mass is 79.9. The van der Waals surface area contributed by atoms with Crippen molar-refractivity contribution in [2.45, 2.75) is 12.8 Å². The van der Waals surface area contributed by atoms with Crippen LogP contribution in [-0.4, -0.2) is 13.1 Å². The Morgan fingerprint density at radius 1 is 1.73 bits per heavy atom. The van der Waals surface area contributed by atoms with Gasteiger partial charge >= 0.3 is 5.97 Å².